The fourth-order valence-electron chi connectivity index (χ4n) is 3.96. The number of hydrogen-bond donors (Lipinski definition) is 1. The largest absolute Gasteiger partial charge is 0.507 e. The third-order valence-corrected chi connectivity index (χ3v) is 6.16. The van der Waals surface area contributed by atoms with Gasteiger partial charge in [-0.2, -0.15) is 0 Å². The number of ether oxygens (including phenoxy) is 2. The summed E-state index contributed by atoms with van der Waals surface area (Å²) < 4.78 is 10.7. The minimum Gasteiger partial charge on any atom is -0.507 e. The first-order chi connectivity index (χ1) is 16.3. The summed E-state index contributed by atoms with van der Waals surface area (Å²) in [4.78, 5) is 27.8. The van der Waals surface area contributed by atoms with Crippen LogP contribution in [0.5, 0.6) is 11.5 Å². The Kier molecular flexibility index (Phi) is 6.61. The standard InChI is InChI=1S/C27H24ClNO5/c1-4-34-21-13-8-18(9-14-21)25(30)23-24(17-6-11-20(33-3)12-7-17)29(27(32)26(23)31)19-10-5-16(2)22(28)15-19/h5-15,24,30H,4H2,1-3H3/b25-23+. The molecule has 1 amide bonds. The smallest absolute Gasteiger partial charge is 0.300 e. The van der Waals surface area contributed by atoms with Crippen LogP contribution in [0.15, 0.2) is 72.3 Å². The number of aliphatic hydroxyl groups excluding tert-OH is 1. The van der Waals surface area contributed by atoms with Crippen LogP contribution in [0.3, 0.4) is 0 Å². The van der Waals surface area contributed by atoms with Gasteiger partial charge >= 0.3 is 0 Å². The van der Waals surface area contributed by atoms with E-state index >= 15 is 0 Å². The van der Waals surface area contributed by atoms with Crippen molar-refractivity contribution < 1.29 is 24.2 Å². The summed E-state index contributed by atoms with van der Waals surface area (Å²) in [5.41, 5.74) is 2.35. The van der Waals surface area contributed by atoms with Crippen molar-refractivity contribution in [1.82, 2.24) is 0 Å². The van der Waals surface area contributed by atoms with Gasteiger partial charge in [0, 0.05) is 16.3 Å². The Hall–Kier alpha value is -3.77. The summed E-state index contributed by atoms with van der Waals surface area (Å²) >= 11 is 6.33. The van der Waals surface area contributed by atoms with Gasteiger partial charge in [-0.05, 0) is 73.5 Å². The maximum absolute atomic E-state index is 13.2. The zero-order valence-electron chi connectivity index (χ0n) is 19.0. The fraction of sp³-hybridized carbons (Fsp3) is 0.185. The van der Waals surface area contributed by atoms with Crippen molar-refractivity contribution in [2.24, 2.45) is 0 Å². The van der Waals surface area contributed by atoms with Gasteiger partial charge in [0.15, 0.2) is 0 Å². The highest BCUT2D eigenvalue weighted by molar-refractivity contribution is 6.51. The van der Waals surface area contributed by atoms with Crippen molar-refractivity contribution in [3.8, 4) is 11.5 Å². The van der Waals surface area contributed by atoms with E-state index in [2.05, 4.69) is 0 Å². The Morgan fingerprint density at radius 2 is 1.65 bits per heavy atom. The molecule has 3 aromatic rings. The molecule has 0 spiro atoms. The van der Waals surface area contributed by atoms with Crippen LogP contribution in [0.4, 0.5) is 5.69 Å². The van der Waals surface area contributed by atoms with Crippen LogP contribution in [-0.4, -0.2) is 30.5 Å². The zero-order valence-corrected chi connectivity index (χ0v) is 19.8. The molecule has 1 atom stereocenters. The van der Waals surface area contributed by atoms with Crippen LogP contribution >= 0.6 is 11.6 Å². The number of amides is 1. The van der Waals surface area contributed by atoms with E-state index in [1.54, 1.807) is 73.8 Å². The van der Waals surface area contributed by atoms with Crippen LogP contribution in [0.2, 0.25) is 5.02 Å². The van der Waals surface area contributed by atoms with E-state index in [0.29, 0.717) is 39.9 Å². The Bertz CT molecular complexity index is 1270. The number of hydrogen-bond acceptors (Lipinski definition) is 5. The number of halogens is 1. The number of carbonyl (C=O) groups excluding carboxylic acids is 2. The second-order valence-electron chi connectivity index (χ2n) is 7.83. The molecule has 34 heavy (non-hydrogen) atoms. The number of aliphatic hydroxyl groups is 1. The average molecular weight is 478 g/mol. The number of rotatable bonds is 6. The van der Waals surface area contributed by atoms with Gasteiger partial charge in [-0.3, -0.25) is 14.5 Å². The highest BCUT2D eigenvalue weighted by Crippen LogP contribution is 2.43. The third-order valence-electron chi connectivity index (χ3n) is 5.75. The lowest BCUT2D eigenvalue weighted by molar-refractivity contribution is -0.132. The van der Waals surface area contributed by atoms with Crippen LogP contribution < -0.4 is 14.4 Å². The second-order valence-corrected chi connectivity index (χ2v) is 8.24. The van der Waals surface area contributed by atoms with Crippen LogP contribution in [0.1, 0.15) is 29.7 Å². The molecule has 6 nitrogen and oxygen atoms in total. The van der Waals surface area contributed by atoms with Gasteiger partial charge in [-0.1, -0.05) is 29.8 Å². The summed E-state index contributed by atoms with van der Waals surface area (Å²) in [5, 5.41) is 11.7. The first-order valence-electron chi connectivity index (χ1n) is 10.8. The first-order valence-corrected chi connectivity index (χ1v) is 11.2. The van der Waals surface area contributed by atoms with Crippen LogP contribution in [0, 0.1) is 6.92 Å². The van der Waals surface area contributed by atoms with Gasteiger partial charge in [0.05, 0.1) is 25.3 Å². The molecule has 1 unspecified atom stereocenters. The summed E-state index contributed by atoms with van der Waals surface area (Å²) in [7, 11) is 1.56. The predicted molar refractivity (Wildman–Crippen MR) is 132 cm³/mol. The molecule has 1 fully saturated rings. The molecule has 4 rings (SSSR count). The zero-order chi connectivity index (χ0) is 24.4. The third kappa shape index (κ3) is 4.24. The fourth-order valence-corrected chi connectivity index (χ4v) is 4.14. The van der Waals surface area contributed by atoms with E-state index in [9.17, 15) is 14.7 Å². The van der Waals surface area contributed by atoms with E-state index in [-0.39, 0.29) is 11.3 Å². The number of aryl methyl sites for hydroxylation is 1. The molecule has 3 aromatic carbocycles. The van der Waals surface area contributed by atoms with Crippen molar-refractivity contribution in [2.45, 2.75) is 19.9 Å². The summed E-state index contributed by atoms with van der Waals surface area (Å²) in [6.45, 7) is 4.24. The molecule has 0 aliphatic carbocycles. The Morgan fingerprint density at radius 1 is 1.00 bits per heavy atom. The normalized spacial score (nSPS) is 17.2. The lowest BCUT2D eigenvalue weighted by atomic mass is 9.95. The molecule has 1 N–H and O–H groups in total. The SMILES string of the molecule is CCOc1ccc(/C(O)=C2\C(=O)C(=O)N(c3ccc(C)c(Cl)c3)C2c2ccc(OC)cc2)cc1. The number of Topliss-reactive ketones (excluding diaryl/α,β-unsaturated/α-hetero) is 1. The second kappa shape index (κ2) is 9.61. The van der Waals surface area contributed by atoms with E-state index in [1.807, 2.05) is 13.8 Å². The van der Waals surface area contributed by atoms with Crippen LogP contribution in [-0.2, 0) is 9.59 Å². The highest BCUT2D eigenvalue weighted by Gasteiger charge is 2.47. The van der Waals surface area contributed by atoms with Gasteiger partial charge in [0.2, 0.25) is 0 Å². The summed E-state index contributed by atoms with van der Waals surface area (Å²) in [6, 6.07) is 18.1. The number of benzene rings is 3. The molecule has 0 aromatic heterocycles. The maximum Gasteiger partial charge on any atom is 0.300 e. The Balaban J connectivity index is 1.89. The number of methoxy groups -OCH3 is 1. The van der Waals surface area contributed by atoms with Gasteiger partial charge in [0.25, 0.3) is 11.7 Å². The predicted octanol–water partition coefficient (Wildman–Crippen LogP) is 5.68. The van der Waals surface area contributed by atoms with Crippen molar-refractivity contribution in [2.75, 3.05) is 18.6 Å². The molecule has 1 saturated heterocycles. The van der Waals surface area contributed by atoms with Crippen molar-refractivity contribution in [3.63, 3.8) is 0 Å². The maximum atomic E-state index is 13.2. The van der Waals surface area contributed by atoms with Gasteiger partial charge < -0.3 is 14.6 Å². The van der Waals surface area contributed by atoms with Crippen molar-refractivity contribution in [3.05, 3.63) is 94.0 Å². The lowest BCUT2D eigenvalue weighted by Gasteiger charge is -2.26. The van der Waals surface area contributed by atoms with Gasteiger partial charge in [-0.15, -0.1) is 0 Å². The minimum absolute atomic E-state index is 0.00368. The van der Waals surface area contributed by atoms with Crippen LogP contribution in [0.25, 0.3) is 5.76 Å². The molecule has 0 bridgehead atoms. The number of nitrogens with zero attached hydrogens (tertiary/aromatic N) is 1. The number of anilines is 1. The van der Waals surface area contributed by atoms with Crippen molar-refractivity contribution in [1.29, 1.82) is 0 Å². The van der Waals surface area contributed by atoms with E-state index in [0.717, 1.165) is 5.56 Å². The molecule has 174 valence electrons. The molecular formula is C27H24ClNO5. The molecular weight excluding hydrogens is 454 g/mol. The Labute approximate surface area is 203 Å². The summed E-state index contributed by atoms with van der Waals surface area (Å²) in [6.07, 6.45) is 0. The summed E-state index contributed by atoms with van der Waals surface area (Å²) in [5.74, 6) is -0.508. The van der Waals surface area contributed by atoms with E-state index in [4.69, 9.17) is 21.1 Å². The quantitative estimate of drug-likeness (QED) is 0.281. The highest BCUT2D eigenvalue weighted by atomic mass is 35.5. The topological polar surface area (TPSA) is 76.1 Å². The monoisotopic (exact) mass is 477 g/mol. The molecule has 0 saturated carbocycles. The number of ketones is 1. The van der Waals surface area contributed by atoms with Crippen molar-refractivity contribution >= 4 is 34.7 Å². The molecule has 1 aliphatic heterocycles. The lowest BCUT2D eigenvalue weighted by Crippen LogP contribution is -2.29. The van der Waals surface area contributed by atoms with E-state index < -0.39 is 17.7 Å². The first kappa shape index (κ1) is 23.4. The number of carbonyl (C=O) groups is 2. The van der Waals surface area contributed by atoms with Gasteiger partial charge in [0.1, 0.15) is 17.3 Å². The molecule has 0 radical (unpaired) electrons. The Morgan fingerprint density at radius 3 is 2.24 bits per heavy atom. The molecule has 7 heteroatoms. The molecule has 1 heterocycles. The molecule has 1 aliphatic rings. The minimum atomic E-state index is -0.851. The average Bonchev–Trinajstić information content (AvgIpc) is 3.11. The van der Waals surface area contributed by atoms with E-state index in [1.165, 1.54) is 4.90 Å². The van der Waals surface area contributed by atoms with Gasteiger partial charge in [-0.25, -0.2) is 0 Å².